The van der Waals surface area contributed by atoms with E-state index in [9.17, 15) is 4.79 Å². The third-order valence-electron chi connectivity index (χ3n) is 3.94. The normalized spacial score (nSPS) is 10.9. The molecule has 5 heteroatoms. The van der Waals surface area contributed by atoms with E-state index in [0.29, 0.717) is 6.61 Å². The van der Waals surface area contributed by atoms with Crippen LogP contribution in [0.25, 0.3) is 0 Å². The summed E-state index contributed by atoms with van der Waals surface area (Å²) in [5.74, 6) is 3.37. The van der Waals surface area contributed by atoms with Crippen LogP contribution in [-0.2, 0) is 21.7 Å². The van der Waals surface area contributed by atoms with E-state index in [1.54, 1.807) is 0 Å². The Kier molecular flexibility index (Phi) is 8.69. The Morgan fingerprint density at radius 2 is 1.96 bits per heavy atom. The molecule has 0 amide bonds. The van der Waals surface area contributed by atoms with Gasteiger partial charge < -0.3 is 14.4 Å². The highest BCUT2D eigenvalue weighted by atomic mass is 32.2. The summed E-state index contributed by atoms with van der Waals surface area (Å²) in [6.07, 6.45) is 0.256. The average Bonchev–Trinajstić information content (AvgIpc) is 2.61. The fourth-order valence-corrected chi connectivity index (χ4v) is 3.66. The second kappa shape index (κ2) is 11.0. The molecule has 0 unspecified atom stereocenters. The Balaban J connectivity index is 2.06. The molecule has 2 aromatic carbocycles. The number of hydrogen-bond acceptors (Lipinski definition) is 5. The third-order valence-corrected chi connectivity index (χ3v) is 4.92. The highest BCUT2D eigenvalue weighted by molar-refractivity contribution is 7.98. The predicted molar refractivity (Wildman–Crippen MR) is 113 cm³/mol. The van der Waals surface area contributed by atoms with Crippen molar-refractivity contribution >= 4 is 17.7 Å². The summed E-state index contributed by atoms with van der Waals surface area (Å²) in [7, 11) is 4.18. The number of esters is 1. The van der Waals surface area contributed by atoms with Crippen LogP contribution in [0, 0.1) is 6.92 Å². The van der Waals surface area contributed by atoms with E-state index in [1.165, 1.54) is 11.1 Å². The molecule has 0 aliphatic rings. The summed E-state index contributed by atoms with van der Waals surface area (Å²) in [5, 5.41) is 0. The molecule has 146 valence electrons. The Morgan fingerprint density at radius 1 is 1.15 bits per heavy atom. The van der Waals surface area contributed by atoms with Gasteiger partial charge in [-0.05, 0) is 51.7 Å². The molecule has 2 rings (SSSR count). The highest BCUT2D eigenvalue weighted by Gasteiger charge is 2.09. The van der Waals surface area contributed by atoms with Crippen molar-refractivity contribution in [1.29, 1.82) is 0 Å². The summed E-state index contributed by atoms with van der Waals surface area (Å²) >= 11 is 1.90. The Morgan fingerprint density at radius 3 is 2.70 bits per heavy atom. The maximum Gasteiger partial charge on any atom is 0.310 e. The van der Waals surface area contributed by atoms with E-state index in [1.807, 2.05) is 49.0 Å². The summed E-state index contributed by atoms with van der Waals surface area (Å²) in [5.41, 5.74) is 3.30. The van der Waals surface area contributed by atoms with Crippen LogP contribution < -0.4 is 4.74 Å². The van der Waals surface area contributed by atoms with E-state index < -0.39 is 0 Å². The molecule has 0 fully saturated rings. The van der Waals surface area contributed by atoms with Crippen molar-refractivity contribution in [2.45, 2.75) is 26.0 Å². The van der Waals surface area contributed by atoms with E-state index in [2.05, 4.69) is 38.1 Å². The lowest BCUT2D eigenvalue weighted by Gasteiger charge is -2.14. The van der Waals surface area contributed by atoms with Crippen LogP contribution in [0.1, 0.15) is 23.6 Å². The van der Waals surface area contributed by atoms with E-state index in [0.717, 1.165) is 35.1 Å². The third kappa shape index (κ3) is 7.65. The van der Waals surface area contributed by atoms with E-state index in [4.69, 9.17) is 9.47 Å². The minimum Gasteiger partial charge on any atom is -0.466 e. The molecule has 2 aromatic rings. The Hall–Kier alpha value is -1.98. The maximum atomic E-state index is 11.7. The van der Waals surface area contributed by atoms with Crippen LogP contribution in [0.15, 0.2) is 42.5 Å². The predicted octanol–water partition coefficient (Wildman–Crippen LogP) is 4.69. The van der Waals surface area contributed by atoms with Gasteiger partial charge in [-0.3, -0.25) is 4.79 Å². The number of ether oxygens (including phenoxy) is 2. The molecule has 0 saturated carbocycles. The number of aryl methyl sites for hydroxylation is 1. The van der Waals surface area contributed by atoms with Gasteiger partial charge in [-0.2, -0.15) is 11.8 Å². The minimum atomic E-state index is -0.219. The number of carbonyl (C=O) groups is 1. The van der Waals surface area contributed by atoms with Crippen LogP contribution >= 0.6 is 11.8 Å². The minimum absolute atomic E-state index is 0.219. The first kappa shape index (κ1) is 21.3. The fourth-order valence-electron chi connectivity index (χ4n) is 2.57. The second-order valence-corrected chi connectivity index (χ2v) is 7.80. The van der Waals surface area contributed by atoms with Gasteiger partial charge in [0.25, 0.3) is 0 Å². The van der Waals surface area contributed by atoms with Gasteiger partial charge >= 0.3 is 5.97 Å². The van der Waals surface area contributed by atoms with Crippen molar-refractivity contribution in [3.63, 3.8) is 0 Å². The van der Waals surface area contributed by atoms with Crippen LogP contribution in [0.5, 0.6) is 11.5 Å². The number of rotatable bonds is 10. The SMILES string of the molecule is CCOC(=O)Cc1cccc(Oc2ccc(C)cc2CSCCN(C)C)c1. The van der Waals surface area contributed by atoms with Gasteiger partial charge in [0, 0.05) is 23.6 Å². The van der Waals surface area contributed by atoms with Gasteiger partial charge in [-0.1, -0.05) is 29.8 Å². The fraction of sp³-hybridized carbons (Fsp3) is 0.409. The Bertz CT molecular complexity index is 746. The Labute approximate surface area is 166 Å². The first-order chi connectivity index (χ1) is 13.0. The van der Waals surface area contributed by atoms with Gasteiger partial charge in [-0.25, -0.2) is 0 Å². The summed E-state index contributed by atoms with van der Waals surface area (Å²) in [6.45, 7) is 5.36. The lowest BCUT2D eigenvalue weighted by atomic mass is 10.1. The molecule has 0 heterocycles. The lowest BCUT2D eigenvalue weighted by Crippen LogP contribution is -2.14. The molecule has 27 heavy (non-hydrogen) atoms. The molecule has 4 nitrogen and oxygen atoms in total. The first-order valence-electron chi connectivity index (χ1n) is 9.22. The molecule has 0 aliphatic carbocycles. The molecule has 0 bridgehead atoms. The van der Waals surface area contributed by atoms with Gasteiger partial charge in [0.1, 0.15) is 11.5 Å². The second-order valence-electron chi connectivity index (χ2n) is 6.70. The molecule has 0 atom stereocenters. The monoisotopic (exact) mass is 387 g/mol. The standard InChI is InChI=1S/C22H29NO3S/c1-5-25-22(24)15-18-7-6-8-20(14-18)26-21-10-9-17(2)13-19(21)16-27-12-11-23(3)4/h6-10,13-14H,5,11-12,15-16H2,1-4H3. The smallest absolute Gasteiger partial charge is 0.310 e. The van der Waals surface area contributed by atoms with Crippen molar-refractivity contribution in [3.05, 3.63) is 59.2 Å². The van der Waals surface area contributed by atoms with Crippen LogP contribution in [0.3, 0.4) is 0 Å². The molecular formula is C22H29NO3S. The molecule has 0 aromatic heterocycles. The number of carbonyl (C=O) groups excluding carboxylic acids is 1. The van der Waals surface area contributed by atoms with Crippen LogP contribution in [0.4, 0.5) is 0 Å². The largest absolute Gasteiger partial charge is 0.466 e. The van der Waals surface area contributed by atoms with Crippen LogP contribution in [0.2, 0.25) is 0 Å². The molecule has 0 radical (unpaired) electrons. The van der Waals surface area contributed by atoms with Crippen molar-refractivity contribution in [2.75, 3.05) is 33.0 Å². The quantitative estimate of drug-likeness (QED) is 0.437. The summed E-state index contributed by atoms with van der Waals surface area (Å²) in [4.78, 5) is 13.9. The van der Waals surface area contributed by atoms with Gasteiger partial charge in [-0.15, -0.1) is 0 Å². The first-order valence-corrected chi connectivity index (χ1v) is 10.4. The molecule has 0 spiro atoms. The molecular weight excluding hydrogens is 358 g/mol. The van der Waals surface area contributed by atoms with Gasteiger partial charge in [0.15, 0.2) is 0 Å². The lowest BCUT2D eigenvalue weighted by molar-refractivity contribution is -0.142. The van der Waals surface area contributed by atoms with Crippen LogP contribution in [-0.4, -0.2) is 43.9 Å². The topological polar surface area (TPSA) is 38.8 Å². The number of thioether (sulfide) groups is 1. The highest BCUT2D eigenvalue weighted by Crippen LogP contribution is 2.29. The van der Waals surface area contributed by atoms with Gasteiger partial charge in [0.2, 0.25) is 0 Å². The van der Waals surface area contributed by atoms with Crippen molar-refractivity contribution in [3.8, 4) is 11.5 Å². The molecule has 0 N–H and O–H groups in total. The maximum absolute atomic E-state index is 11.7. The van der Waals surface area contributed by atoms with E-state index in [-0.39, 0.29) is 12.4 Å². The zero-order valence-electron chi connectivity index (χ0n) is 16.7. The number of benzene rings is 2. The molecule has 0 aliphatic heterocycles. The zero-order valence-corrected chi connectivity index (χ0v) is 17.5. The van der Waals surface area contributed by atoms with Crippen molar-refractivity contribution in [2.24, 2.45) is 0 Å². The number of nitrogens with zero attached hydrogens (tertiary/aromatic N) is 1. The summed E-state index contributed by atoms with van der Waals surface area (Å²) < 4.78 is 11.2. The number of hydrogen-bond donors (Lipinski definition) is 0. The summed E-state index contributed by atoms with van der Waals surface area (Å²) in [6, 6.07) is 13.9. The van der Waals surface area contributed by atoms with Gasteiger partial charge in [0.05, 0.1) is 13.0 Å². The van der Waals surface area contributed by atoms with Crippen molar-refractivity contribution < 1.29 is 14.3 Å². The average molecular weight is 388 g/mol. The van der Waals surface area contributed by atoms with Crippen molar-refractivity contribution in [1.82, 2.24) is 4.90 Å². The van der Waals surface area contributed by atoms with E-state index >= 15 is 0 Å². The zero-order chi connectivity index (χ0) is 19.6. The molecule has 0 saturated heterocycles.